The van der Waals surface area contributed by atoms with Gasteiger partial charge >= 0.3 is 5.97 Å². The molecule has 112 valence electrons. The largest absolute Gasteiger partial charge is 0.453 e. The molecule has 0 N–H and O–H groups in total. The summed E-state index contributed by atoms with van der Waals surface area (Å²) in [6.07, 6.45) is 6.62. The molecule has 3 rings (SSSR count). The number of hydrogen-bond acceptors (Lipinski definition) is 3. The third kappa shape index (κ3) is 3.29. The Bertz CT molecular complexity index is 544. The molecule has 1 aliphatic carbocycles. The fraction of sp³-hybridized carbons (Fsp3) is 0.529. The second-order valence-corrected chi connectivity index (χ2v) is 6.35. The van der Waals surface area contributed by atoms with Crippen LogP contribution in [0.3, 0.4) is 0 Å². The summed E-state index contributed by atoms with van der Waals surface area (Å²) in [5, 5.41) is 0.751. The summed E-state index contributed by atoms with van der Waals surface area (Å²) in [7, 11) is 0. The van der Waals surface area contributed by atoms with E-state index in [2.05, 4.69) is 0 Å². The first-order chi connectivity index (χ1) is 10.2. The molecule has 3 nitrogen and oxygen atoms in total. The first-order valence-corrected chi connectivity index (χ1v) is 8.06. The highest BCUT2D eigenvalue weighted by Crippen LogP contribution is 2.38. The lowest BCUT2D eigenvalue weighted by atomic mass is 9.81. The molecule has 0 atom stereocenters. The molecule has 0 amide bonds. The molecule has 0 bridgehead atoms. The van der Waals surface area contributed by atoms with Gasteiger partial charge in [0.15, 0.2) is 5.60 Å². The SMILES string of the molecule is O=C1CC(=NCCc2ccc(Cl)cc2)C2(CCCCC2)O1. The standard InChI is InChI=1S/C17H20ClNO2/c18-14-6-4-13(5-7-14)8-11-19-15-12-16(20)21-17(15)9-2-1-3-10-17/h4-7H,1-3,8-12H2. The molecule has 1 spiro atoms. The fourth-order valence-corrected chi connectivity index (χ4v) is 3.42. The topological polar surface area (TPSA) is 38.7 Å². The molecular weight excluding hydrogens is 286 g/mol. The first kappa shape index (κ1) is 14.6. The van der Waals surface area contributed by atoms with Crippen molar-refractivity contribution in [1.82, 2.24) is 0 Å². The zero-order chi connectivity index (χ0) is 14.7. The maximum absolute atomic E-state index is 11.7. The number of hydrogen-bond donors (Lipinski definition) is 0. The number of rotatable bonds is 3. The minimum atomic E-state index is -0.366. The molecular formula is C17H20ClNO2. The predicted molar refractivity (Wildman–Crippen MR) is 84.0 cm³/mol. The minimum absolute atomic E-state index is 0.109. The Kier molecular flexibility index (Phi) is 4.29. The highest BCUT2D eigenvalue weighted by atomic mass is 35.5. The second kappa shape index (κ2) is 6.18. The Morgan fingerprint density at radius 3 is 2.57 bits per heavy atom. The van der Waals surface area contributed by atoms with Gasteiger partial charge in [0, 0.05) is 11.6 Å². The first-order valence-electron chi connectivity index (χ1n) is 7.68. The highest BCUT2D eigenvalue weighted by molar-refractivity contribution is 6.30. The number of carbonyl (C=O) groups excluding carboxylic acids is 1. The van der Waals surface area contributed by atoms with Gasteiger partial charge in [-0.2, -0.15) is 0 Å². The van der Waals surface area contributed by atoms with E-state index in [1.54, 1.807) is 0 Å². The quantitative estimate of drug-likeness (QED) is 0.792. The van der Waals surface area contributed by atoms with Crippen LogP contribution in [0, 0.1) is 0 Å². The van der Waals surface area contributed by atoms with Gasteiger partial charge in [0.1, 0.15) is 0 Å². The van der Waals surface area contributed by atoms with Gasteiger partial charge in [-0.25, -0.2) is 0 Å². The van der Waals surface area contributed by atoms with Crippen molar-refractivity contribution >= 4 is 23.3 Å². The molecule has 1 saturated carbocycles. The Balaban J connectivity index is 1.66. The van der Waals surface area contributed by atoms with Crippen molar-refractivity contribution < 1.29 is 9.53 Å². The van der Waals surface area contributed by atoms with Gasteiger partial charge < -0.3 is 4.74 Å². The van der Waals surface area contributed by atoms with Crippen LogP contribution in [0.2, 0.25) is 5.02 Å². The maximum Gasteiger partial charge on any atom is 0.312 e. The average molecular weight is 306 g/mol. The van der Waals surface area contributed by atoms with Crippen LogP contribution in [0.1, 0.15) is 44.1 Å². The zero-order valence-electron chi connectivity index (χ0n) is 12.1. The van der Waals surface area contributed by atoms with Crippen LogP contribution in [0.25, 0.3) is 0 Å². The van der Waals surface area contributed by atoms with E-state index in [4.69, 9.17) is 21.3 Å². The molecule has 0 aromatic heterocycles. The van der Waals surface area contributed by atoms with E-state index < -0.39 is 0 Å². The lowest BCUT2D eigenvalue weighted by Crippen LogP contribution is -2.38. The zero-order valence-corrected chi connectivity index (χ0v) is 12.9. The number of halogens is 1. The van der Waals surface area contributed by atoms with Gasteiger partial charge in [-0.3, -0.25) is 9.79 Å². The smallest absolute Gasteiger partial charge is 0.312 e. The lowest BCUT2D eigenvalue weighted by Gasteiger charge is -2.32. The van der Waals surface area contributed by atoms with E-state index in [9.17, 15) is 4.79 Å². The second-order valence-electron chi connectivity index (χ2n) is 5.91. The van der Waals surface area contributed by atoms with E-state index in [1.807, 2.05) is 24.3 Å². The van der Waals surface area contributed by atoms with Gasteiger partial charge in [-0.1, -0.05) is 30.2 Å². The van der Waals surface area contributed by atoms with Crippen LogP contribution in [0.15, 0.2) is 29.3 Å². The van der Waals surface area contributed by atoms with Gasteiger partial charge in [-0.15, -0.1) is 0 Å². The van der Waals surface area contributed by atoms with Crippen molar-refractivity contribution in [2.24, 2.45) is 4.99 Å². The van der Waals surface area contributed by atoms with Gasteiger partial charge in [-0.05, 0) is 49.8 Å². The van der Waals surface area contributed by atoms with E-state index in [1.165, 1.54) is 12.0 Å². The van der Waals surface area contributed by atoms with Gasteiger partial charge in [0.25, 0.3) is 0 Å². The molecule has 1 aromatic rings. The normalized spacial score (nSPS) is 22.7. The van der Waals surface area contributed by atoms with E-state index >= 15 is 0 Å². The summed E-state index contributed by atoms with van der Waals surface area (Å²) in [6, 6.07) is 7.84. The van der Waals surface area contributed by atoms with Crippen molar-refractivity contribution in [3.63, 3.8) is 0 Å². The van der Waals surface area contributed by atoms with E-state index in [-0.39, 0.29) is 11.6 Å². The monoisotopic (exact) mass is 305 g/mol. The van der Waals surface area contributed by atoms with Crippen LogP contribution >= 0.6 is 11.6 Å². The Labute approximate surface area is 130 Å². The van der Waals surface area contributed by atoms with Crippen LogP contribution in [-0.4, -0.2) is 23.8 Å². The number of carbonyl (C=O) groups is 1. The Morgan fingerprint density at radius 2 is 1.86 bits per heavy atom. The summed E-state index contributed by atoms with van der Waals surface area (Å²) >= 11 is 5.88. The molecule has 0 unspecified atom stereocenters. The number of benzene rings is 1. The average Bonchev–Trinajstić information content (AvgIpc) is 2.77. The van der Waals surface area contributed by atoms with Crippen molar-refractivity contribution in [2.75, 3.05) is 6.54 Å². The van der Waals surface area contributed by atoms with Crippen molar-refractivity contribution in [1.29, 1.82) is 0 Å². The number of aliphatic imine (C=N–C) groups is 1. The predicted octanol–water partition coefficient (Wildman–Crippen LogP) is 3.97. The molecule has 1 heterocycles. The number of nitrogens with zero attached hydrogens (tertiary/aromatic N) is 1. The summed E-state index contributed by atoms with van der Waals surface area (Å²) in [4.78, 5) is 16.4. The molecule has 0 radical (unpaired) electrons. The summed E-state index contributed by atoms with van der Waals surface area (Å²) in [5.41, 5.74) is 1.82. The Morgan fingerprint density at radius 1 is 1.14 bits per heavy atom. The molecule has 1 aromatic carbocycles. The molecule has 1 saturated heterocycles. The van der Waals surface area contributed by atoms with E-state index in [0.717, 1.165) is 42.8 Å². The summed E-state index contributed by atoms with van der Waals surface area (Å²) < 4.78 is 5.63. The summed E-state index contributed by atoms with van der Waals surface area (Å²) in [6.45, 7) is 0.704. The molecule has 21 heavy (non-hydrogen) atoms. The molecule has 4 heteroatoms. The van der Waals surface area contributed by atoms with Gasteiger partial charge in [0.2, 0.25) is 0 Å². The maximum atomic E-state index is 11.7. The van der Waals surface area contributed by atoms with Crippen molar-refractivity contribution in [2.45, 2.75) is 50.5 Å². The number of ether oxygens (including phenoxy) is 1. The molecule has 2 fully saturated rings. The van der Waals surface area contributed by atoms with Crippen LogP contribution in [0.5, 0.6) is 0 Å². The van der Waals surface area contributed by atoms with E-state index in [0.29, 0.717) is 13.0 Å². The van der Waals surface area contributed by atoms with Crippen LogP contribution < -0.4 is 0 Å². The van der Waals surface area contributed by atoms with Gasteiger partial charge in [0.05, 0.1) is 12.1 Å². The molecule has 2 aliphatic rings. The third-order valence-electron chi connectivity index (χ3n) is 4.42. The Hall–Kier alpha value is -1.35. The van der Waals surface area contributed by atoms with Crippen molar-refractivity contribution in [3.05, 3.63) is 34.9 Å². The van der Waals surface area contributed by atoms with Crippen LogP contribution in [0.4, 0.5) is 0 Å². The lowest BCUT2D eigenvalue weighted by molar-refractivity contribution is -0.148. The minimum Gasteiger partial charge on any atom is -0.453 e. The highest BCUT2D eigenvalue weighted by Gasteiger charge is 2.46. The summed E-state index contributed by atoms with van der Waals surface area (Å²) in [5.74, 6) is -0.109. The molecule has 1 aliphatic heterocycles. The third-order valence-corrected chi connectivity index (χ3v) is 4.68. The number of esters is 1. The fourth-order valence-electron chi connectivity index (χ4n) is 3.30. The van der Waals surface area contributed by atoms with Crippen LogP contribution in [-0.2, 0) is 16.0 Å². The van der Waals surface area contributed by atoms with Crippen molar-refractivity contribution in [3.8, 4) is 0 Å².